The van der Waals surface area contributed by atoms with Crippen LogP contribution >= 0.6 is 11.3 Å². The van der Waals surface area contributed by atoms with Crippen LogP contribution in [0.4, 0.5) is 10.7 Å². The second kappa shape index (κ2) is 4.02. The maximum atomic E-state index is 11.5. The predicted molar refractivity (Wildman–Crippen MR) is 72.0 cm³/mol. The maximum absolute atomic E-state index is 11.5. The van der Waals surface area contributed by atoms with Crippen molar-refractivity contribution in [3.8, 4) is 0 Å². The predicted octanol–water partition coefficient (Wildman–Crippen LogP) is 3.37. The van der Waals surface area contributed by atoms with Gasteiger partial charge in [0, 0.05) is 18.5 Å². The van der Waals surface area contributed by atoms with Gasteiger partial charge < -0.3 is 11.1 Å². The topological polar surface area (TPSA) is 55.1 Å². The molecule has 3 N–H and O–H groups in total. The molecular formula is C13H18N2OS. The minimum absolute atomic E-state index is 0.0936. The molecule has 0 atom stereocenters. The molecule has 1 aromatic rings. The Balaban J connectivity index is 1.93. The Kier molecular flexibility index (Phi) is 2.62. The van der Waals surface area contributed by atoms with Gasteiger partial charge in [-0.2, -0.15) is 0 Å². The van der Waals surface area contributed by atoms with Crippen molar-refractivity contribution in [3.05, 3.63) is 10.4 Å². The zero-order chi connectivity index (χ0) is 12.0. The summed E-state index contributed by atoms with van der Waals surface area (Å²) < 4.78 is 0. The van der Waals surface area contributed by atoms with Crippen molar-refractivity contribution in [2.24, 2.45) is 0 Å². The number of nitrogen functional groups attached to an aromatic ring is 1. The molecule has 0 saturated heterocycles. The molecule has 0 amide bonds. The Hall–Kier alpha value is -1.03. The average molecular weight is 250 g/mol. The van der Waals surface area contributed by atoms with Gasteiger partial charge in [-0.1, -0.05) is 0 Å². The molecule has 0 aliphatic heterocycles. The Bertz CT molecular complexity index is 458. The van der Waals surface area contributed by atoms with Crippen LogP contribution in [-0.4, -0.2) is 11.8 Å². The number of ketones is 1. The Morgan fingerprint density at radius 1 is 1.35 bits per heavy atom. The highest BCUT2D eigenvalue weighted by atomic mass is 32.1. The molecule has 92 valence electrons. The lowest BCUT2D eigenvalue weighted by Crippen LogP contribution is -2.26. The molecule has 2 aliphatic rings. The highest BCUT2D eigenvalue weighted by Gasteiger charge is 2.33. The summed E-state index contributed by atoms with van der Waals surface area (Å²) >= 11 is 1.55. The molecule has 0 unspecified atom stereocenters. The lowest BCUT2D eigenvalue weighted by molar-refractivity contribution is 0.102. The SMILES string of the molecule is CC(=O)c1sc(NC2CCC2)c(C2CC2)c1N. The summed E-state index contributed by atoms with van der Waals surface area (Å²) in [5.41, 5.74) is 8.10. The van der Waals surface area contributed by atoms with Gasteiger partial charge >= 0.3 is 0 Å². The van der Waals surface area contributed by atoms with Crippen LogP contribution in [0.25, 0.3) is 0 Å². The van der Waals surface area contributed by atoms with E-state index in [1.807, 2.05) is 0 Å². The lowest BCUT2D eigenvalue weighted by Gasteiger charge is -2.27. The highest BCUT2D eigenvalue weighted by molar-refractivity contribution is 7.18. The minimum atomic E-state index is 0.0936. The Morgan fingerprint density at radius 3 is 2.53 bits per heavy atom. The van der Waals surface area contributed by atoms with Gasteiger partial charge in [0.25, 0.3) is 0 Å². The standard InChI is InChI=1S/C13H18N2OS/c1-7(16)12-11(14)10(8-5-6-8)13(17-12)15-9-3-2-4-9/h8-9,15H,2-6,14H2,1H3. The number of carbonyl (C=O) groups excluding carboxylic acids is 1. The zero-order valence-corrected chi connectivity index (χ0v) is 10.9. The number of nitrogens with two attached hydrogens (primary N) is 1. The molecule has 3 rings (SSSR count). The minimum Gasteiger partial charge on any atom is -0.397 e. The molecule has 4 heteroatoms. The van der Waals surface area contributed by atoms with Crippen LogP contribution in [0, 0.1) is 0 Å². The van der Waals surface area contributed by atoms with E-state index in [2.05, 4.69) is 5.32 Å². The number of nitrogens with one attached hydrogen (secondary N) is 1. The van der Waals surface area contributed by atoms with Gasteiger partial charge in [0.15, 0.2) is 5.78 Å². The number of hydrogen-bond acceptors (Lipinski definition) is 4. The van der Waals surface area contributed by atoms with Gasteiger partial charge in [-0.25, -0.2) is 0 Å². The number of rotatable bonds is 4. The summed E-state index contributed by atoms with van der Waals surface area (Å²) in [7, 11) is 0. The molecule has 1 heterocycles. The molecule has 0 radical (unpaired) electrons. The van der Waals surface area contributed by atoms with Crippen molar-refractivity contribution in [3.63, 3.8) is 0 Å². The molecule has 0 spiro atoms. The summed E-state index contributed by atoms with van der Waals surface area (Å²) in [6.07, 6.45) is 6.25. The maximum Gasteiger partial charge on any atom is 0.171 e. The summed E-state index contributed by atoms with van der Waals surface area (Å²) in [5, 5.41) is 4.74. The van der Waals surface area contributed by atoms with Crippen LogP contribution in [0.2, 0.25) is 0 Å². The van der Waals surface area contributed by atoms with Gasteiger partial charge in [0.1, 0.15) is 0 Å². The Labute approximate surface area is 105 Å². The van der Waals surface area contributed by atoms with E-state index in [-0.39, 0.29) is 5.78 Å². The molecule has 1 aromatic heterocycles. The van der Waals surface area contributed by atoms with E-state index in [1.54, 1.807) is 18.3 Å². The van der Waals surface area contributed by atoms with Crippen LogP contribution in [-0.2, 0) is 0 Å². The van der Waals surface area contributed by atoms with Crippen LogP contribution in [0.1, 0.15) is 60.2 Å². The van der Waals surface area contributed by atoms with E-state index < -0.39 is 0 Å². The van der Waals surface area contributed by atoms with Gasteiger partial charge in [-0.3, -0.25) is 4.79 Å². The van der Waals surface area contributed by atoms with Crippen LogP contribution in [0.5, 0.6) is 0 Å². The van der Waals surface area contributed by atoms with Crippen LogP contribution in [0.15, 0.2) is 0 Å². The quantitative estimate of drug-likeness (QED) is 0.805. The third-order valence-corrected chi connectivity index (χ3v) is 4.98. The third kappa shape index (κ3) is 1.95. The molecule has 0 aromatic carbocycles. The Morgan fingerprint density at radius 2 is 2.06 bits per heavy atom. The van der Waals surface area contributed by atoms with Gasteiger partial charge in [0.05, 0.1) is 15.6 Å². The highest BCUT2D eigenvalue weighted by Crippen LogP contribution is 2.51. The number of hydrogen-bond donors (Lipinski definition) is 2. The second-order valence-corrected chi connectivity index (χ2v) is 6.21. The fourth-order valence-corrected chi connectivity index (χ4v) is 3.52. The van der Waals surface area contributed by atoms with E-state index in [4.69, 9.17) is 5.73 Å². The first-order chi connectivity index (χ1) is 8.16. The van der Waals surface area contributed by atoms with Crippen LogP contribution in [0.3, 0.4) is 0 Å². The summed E-state index contributed by atoms with van der Waals surface area (Å²) in [6.45, 7) is 1.60. The molecule has 17 heavy (non-hydrogen) atoms. The van der Waals surface area contributed by atoms with Crippen molar-refractivity contribution in [2.75, 3.05) is 11.1 Å². The summed E-state index contributed by atoms with van der Waals surface area (Å²) in [5.74, 6) is 0.693. The molecule has 3 nitrogen and oxygen atoms in total. The van der Waals surface area contributed by atoms with Crippen LogP contribution < -0.4 is 11.1 Å². The number of anilines is 2. The first-order valence-corrected chi connectivity index (χ1v) is 7.18. The summed E-state index contributed by atoms with van der Waals surface area (Å²) in [6, 6.07) is 0.602. The number of carbonyl (C=O) groups is 1. The van der Waals surface area contributed by atoms with Crippen molar-refractivity contribution < 1.29 is 4.79 Å². The first kappa shape index (κ1) is 11.1. The average Bonchev–Trinajstić information content (AvgIpc) is 2.97. The smallest absolute Gasteiger partial charge is 0.171 e. The van der Waals surface area contributed by atoms with E-state index in [0.29, 0.717) is 12.0 Å². The number of Topliss-reactive ketones (excluding diaryl/α,β-unsaturated/α-hetero) is 1. The molecule has 2 aliphatic carbocycles. The van der Waals surface area contributed by atoms with E-state index in [0.717, 1.165) is 10.6 Å². The monoisotopic (exact) mass is 250 g/mol. The third-order valence-electron chi connectivity index (χ3n) is 3.73. The van der Waals surface area contributed by atoms with E-state index in [9.17, 15) is 4.79 Å². The van der Waals surface area contributed by atoms with Crippen molar-refractivity contribution >= 4 is 27.8 Å². The molecule has 0 bridgehead atoms. The lowest BCUT2D eigenvalue weighted by atomic mass is 9.93. The fraction of sp³-hybridized carbons (Fsp3) is 0.615. The largest absolute Gasteiger partial charge is 0.397 e. The van der Waals surface area contributed by atoms with E-state index >= 15 is 0 Å². The normalized spacial score (nSPS) is 20.1. The van der Waals surface area contributed by atoms with Crippen molar-refractivity contribution in [1.29, 1.82) is 0 Å². The molecule has 2 saturated carbocycles. The fourth-order valence-electron chi connectivity index (χ4n) is 2.34. The van der Waals surface area contributed by atoms with Gasteiger partial charge in [-0.05, 0) is 38.0 Å². The second-order valence-electron chi connectivity index (χ2n) is 5.19. The first-order valence-electron chi connectivity index (χ1n) is 6.36. The molecular weight excluding hydrogens is 232 g/mol. The van der Waals surface area contributed by atoms with Crippen molar-refractivity contribution in [2.45, 2.75) is 51.0 Å². The number of thiophene rings is 1. The summed E-state index contributed by atoms with van der Waals surface area (Å²) in [4.78, 5) is 12.3. The zero-order valence-electron chi connectivity index (χ0n) is 10.1. The molecule has 2 fully saturated rings. The van der Waals surface area contributed by atoms with E-state index in [1.165, 1.54) is 42.7 Å². The van der Waals surface area contributed by atoms with Gasteiger partial charge in [-0.15, -0.1) is 11.3 Å². The van der Waals surface area contributed by atoms with Crippen molar-refractivity contribution in [1.82, 2.24) is 0 Å². The van der Waals surface area contributed by atoms with Gasteiger partial charge in [0.2, 0.25) is 0 Å².